The average molecular weight is 346 g/mol. The van der Waals surface area contributed by atoms with E-state index in [9.17, 15) is 4.79 Å². The highest BCUT2D eigenvalue weighted by Crippen LogP contribution is 2.49. The van der Waals surface area contributed by atoms with Crippen LogP contribution in [0, 0.1) is 0 Å². The summed E-state index contributed by atoms with van der Waals surface area (Å²) in [7, 11) is 0. The van der Waals surface area contributed by atoms with E-state index in [2.05, 4.69) is 10.3 Å². The molecule has 1 heterocycles. The Hall–Kier alpha value is -3.14. The fourth-order valence-electron chi connectivity index (χ4n) is 3.09. The Labute approximate surface area is 154 Å². The van der Waals surface area contributed by atoms with Gasteiger partial charge in [-0.3, -0.25) is 4.79 Å². The first-order chi connectivity index (χ1) is 12.8. The number of carbonyl (C=O) groups is 1. The van der Waals surface area contributed by atoms with Gasteiger partial charge in [0.05, 0.1) is 5.41 Å². The minimum Gasteiger partial charge on any atom is -0.485 e. The molecule has 1 aliphatic carbocycles. The average Bonchev–Trinajstić information content (AvgIpc) is 3.51. The third-order valence-electron chi connectivity index (χ3n) is 4.75. The van der Waals surface area contributed by atoms with E-state index in [1.54, 1.807) is 12.3 Å². The van der Waals surface area contributed by atoms with Gasteiger partial charge in [0.2, 0.25) is 5.91 Å². The maximum absolute atomic E-state index is 12.9. The van der Waals surface area contributed by atoms with Gasteiger partial charge in [-0.05, 0) is 36.1 Å². The van der Waals surface area contributed by atoms with E-state index in [1.807, 2.05) is 66.7 Å². The van der Waals surface area contributed by atoms with E-state index < -0.39 is 5.41 Å². The van der Waals surface area contributed by atoms with Crippen molar-refractivity contribution in [3.05, 3.63) is 90.1 Å². The quantitative estimate of drug-likeness (QED) is 0.711. The lowest BCUT2D eigenvalue weighted by Gasteiger charge is -2.17. The van der Waals surface area contributed by atoms with Crippen LogP contribution in [0.3, 0.4) is 0 Å². The molecule has 1 saturated carbocycles. The SMILES string of the molecule is O=C(Nc1ncccc1OCc1ccccc1)C1(c2ccccc2)CC1.[HH]. The maximum atomic E-state index is 12.9. The highest BCUT2D eigenvalue weighted by molar-refractivity contribution is 6.01. The first kappa shape index (κ1) is 16.3. The van der Waals surface area contributed by atoms with Crippen molar-refractivity contribution >= 4 is 11.7 Å². The number of hydrogen-bond acceptors (Lipinski definition) is 3. The molecule has 1 aromatic heterocycles. The predicted octanol–water partition coefficient (Wildman–Crippen LogP) is 4.58. The summed E-state index contributed by atoms with van der Waals surface area (Å²) < 4.78 is 5.89. The van der Waals surface area contributed by atoms with Crippen LogP contribution in [0.5, 0.6) is 5.75 Å². The van der Waals surface area contributed by atoms with Crippen molar-refractivity contribution in [1.29, 1.82) is 0 Å². The van der Waals surface area contributed by atoms with Gasteiger partial charge in [-0.1, -0.05) is 60.7 Å². The van der Waals surface area contributed by atoms with Crippen LogP contribution in [-0.2, 0) is 16.8 Å². The summed E-state index contributed by atoms with van der Waals surface area (Å²) >= 11 is 0. The molecule has 26 heavy (non-hydrogen) atoms. The Kier molecular flexibility index (Phi) is 4.40. The first-order valence-corrected chi connectivity index (χ1v) is 8.77. The van der Waals surface area contributed by atoms with Gasteiger partial charge >= 0.3 is 0 Å². The van der Waals surface area contributed by atoms with Crippen molar-refractivity contribution < 1.29 is 11.0 Å². The molecule has 4 rings (SSSR count). The Balaban J connectivity index is 0.00000210. The van der Waals surface area contributed by atoms with Gasteiger partial charge in [0.15, 0.2) is 11.6 Å². The molecule has 132 valence electrons. The van der Waals surface area contributed by atoms with Crippen LogP contribution in [0.1, 0.15) is 25.4 Å². The molecule has 0 atom stereocenters. The van der Waals surface area contributed by atoms with Crippen LogP contribution < -0.4 is 10.1 Å². The summed E-state index contributed by atoms with van der Waals surface area (Å²) in [6, 6.07) is 23.5. The summed E-state index contributed by atoms with van der Waals surface area (Å²) in [5.74, 6) is 1.02. The van der Waals surface area contributed by atoms with Gasteiger partial charge in [0.1, 0.15) is 6.61 Å². The van der Waals surface area contributed by atoms with E-state index in [0.29, 0.717) is 18.2 Å². The fourth-order valence-corrected chi connectivity index (χ4v) is 3.09. The number of benzene rings is 2. The smallest absolute Gasteiger partial charge is 0.236 e. The third kappa shape index (κ3) is 3.31. The standard InChI is InChI=1S/C22H20N2O2.H2/c25-21(22(13-14-22)18-10-5-2-6-11-18)24-20-19(12-7-15-23-20)26-16-17-8-3-1-4-9-17;/h1-12,15H,13-14,16H2,(H,23,24,25);1H. The molecule has 4 nitrogen and oxygen atoms in total. The van der Waals surface area contributed by atoms with Crippen LogP contribution in [0.4, 0.5) is 5.82 Å². The molecule has 1 amide bonds. The topological polar surface area (TPSA) is 51.2 Å². The van der Waals surface area contributed by atoms with Crippen molar-refractivity contribution in [2.45, 2.75) is 24.9 Å². The number of ether oxygens (including phenoxy) is 1. The maximum Gasteiger partial charge on any atom is 0.236 e. The molecule has 1 fully saturated rings. The number of rotatable bonds is 6. The summed E-state index contributed by atoms with van der Waals surface area (Å²) in [5.41, 5.74) is 1.69. The zero-order chi connectivity index (χ0) is 17.8. The molecule has 0 radical (unpaired) electrons. The highest BCUT2D eigenvalue weighted by Gasteiger charge is 2.51. The Morgan fingerprint density at radius 3 is 2.38 bits per heavy atom. The van der Waals surface area contributed by atoms with E-state index in [0.717, 1.165) is 24.0 Å². The van der Waals surface area contributed by atoms with Gasteiger partial charge in [0.25, 0.3) is 0 Å². The first-order valence-electron chi connectivity index (χ1n) is 8.77. The van der Waals surface area contributed by atoms with Crippen LogP contribution in [0.25, 0.3) is 0 Å². The molecule has 1 N–H and O–H groups in total. The number of anilines is 1. The minimum absolute atomic E-state index is 0. The van der Waals surface area contributed by atoms with Gasteiger partial charge in [0, 0.05) is 7.62 Å². The Morgan fingerprint density at radius 1 is 1.00 bits per heavy atom. The number of amides is 1. The molecule has 0 aliphatic heterocycles. The number of nitrogens with zero attached hydrogens (tertiary/aromatic N) is 1. The molecular weight excluding hydrogens is 324 g/mol. The van der Waals surface area contributed by atoms with Crippen molar-refractivity contribution in [3.63, 3.8) is 0 Å². The fraction of sp³-hybridized carbons (Fsp3) is 0.182. The predicted molar refractivity (Wildman–Crippen MR) is 103 cm³/mol. The molecule has 0 bridgehead atoms. The van der Waals surface area contributed by atoms with Gasteiger partial charge in [-0.2, -0.15) is 0 Å². The highest BCUT2D eigenvalue weighted by atomic mass is 16.5. The second-order valence-corrected chi connectivity index (χ2v) is 6.53. The normalized spacial score (nSPS) is 14.5. The van der Waals surface area contributed by atoms with Gasteiger partial charge < -0.3 is 10.1 Å². The summed E-state index contributed by atoms with van der Waals surface area (Å²) in [6.45, 7) is 0.430. The number of pyridine rings is 1. The number of aromatic nitrogens is 1. The van der Waals surface area contributed by atoms with Gasteiger partial charge in [-0.15, -0.1) is 0 Å². The Morgan fingerprint density at radius 2 is 1.69 bits per heavy atom. The van der Waals surface area contributed by atoms with E-state index in [4.69, 9.17) is 4.74 Å². The summed E-state index contributed by atoms with van der Waals surface area (Å²) in [6.07, 6.45) is 3.37. The zero-order valence-electron chi connectivity index (χ0n) is 14.4. The molecule has 4 heteroatoms. The van der Waals surface area contributed by atoms with Crippen LogP contribution in [0.2, 0.25) is 0 Å². The second-order valence-electron chi connectivity index (χ2n) is 6.53. The third-order valence-corrected chi connectivity index (χ3v) is 4.75. The molecule has 2 aromatic carbocycles. The monoisotopic (exact) mass is 346 g/mol. The Bertz CT molecular complexity index is 896. The van der Waals surface area contributed by atoms with Crippen molar-refractivity contribution in [2.75, 3.05) is 5.32 Å². The largest absolute Gasteiger partial charge is 0.485 e. The molecule has 0 saturated heterocycles. The lowest BCUT2D eigenvalue weighted by molar-refractivity contribution is -0.118. The van der Waals surface area contributed by atoms with E-state index in [-0.39, 0.29) is 7.33 Å². The van der Waals surface area contributed by atoms with Crippen LogP contribution >= 0.6 is 0 Å². The van der Waals surface area contributed by atoms with Crippen molar-refractivity contribution in [3.8, 4) is 5.75 Å². The van der Waals surface area contributed by atoms with E-state index in [1.165, 1.54) is 0 Å². The number of hydrogen-bond donors (Lipinski definition) is 1. The summed E-state index contributed by atoms with van der Waals surface area (Å²) in [5, 5.41) is 2.97. The van der Waals surface area contributed by atoms with Crippen molar-refractivity contribution in [2.24, 2.45) is 0 Å². The number of nitrogens with one attached hydrogen (secondary N) is 1. The molecule has 0 unspecified atom stereocenters. The minimum atomic E-state index is -0.435. The zero-order valence-corrected chi connectivity index (χ0v) is 14.4. The molecule has 1 aliphatic rings. The van der Waals surface area contributed by atoms with Crippen LogP contribution in [0.15, 0.2) is 79.0 Å². The molecular formula is C22H22N2O2. The van der Waals surface area contributed by atoms with Crippen LogP contribution in [-0.4, -0.2) is 10.9 Å². The molecule has 0 spiro atoms. The summed E-state index contributed by atoms with van der Waals surface area (Å²) in [4.78, 5) is 17.2. The second kappa shape index (κ2) is 7.00. The lowest BCUT2D eigenvalue weighted by Crippen LogP contribution is -2.28. The van der Waals surface area contributed by atoms with E-state index >= 15 is 0 Å². The lowest BCUT2D eigenvalue weighted by atomic mass is 9.95. The van der Waals surface area contributed by atoms with Crippen molar-refractivity contribution in [1.82, 2.24) is 4.98 Å². The van der Waals surface area contributed by atoms with Gasteiger partial charge in [-0.25, -0.2) is 4.98 Å². The number of carbonyl (C=O) groups excluding carboxylic acids is 1. The molecule has 3 aromatic rings.